The van der Waals surface area contributed by atoms with E-state index in [0.717, 1.165) is 63.8 Å². The van der Waals surface area contributed by atoms with Crippen molar-refractivity contribution in [2.75, 3.05) is 65.6 Å². The molecule has 0 spiro atoms. The van der Waals surface area contributed by atoms with Crippen LogP contribution in [-0.4, -0.2) is 115 Å². The number of ether oxygens (including phenoxy) is 3. The maximum Gasteiger partial charge on any atom is 0.220 e. The number of nitrogens with two attached hydrogens (primary N) is 3. The van der Waals surface area contributed by atoms with Gasteiger partial charge < -0.3 is 51.1 Å². The van der Waals surface area contributed by atoms with Crippen LogP contribution in [0.2, 0.25) is 0 Å². The van der Waals surface area contributed by atoms with E-state index in [9.17, 15) is 19.2 Å². The SMILES string of the molecule is [N-]=[N+]=NCCCCCCCCCCC(=O)NC(COC(CC=O)NCCCN)(COC(CC=O)NCCCN)COC(CC=O)NCCCN. The van der Waals surface area contributed by atoms with Gasteiger partial charge in [0.15, 0.2) is 0 Å². The molecule has 10 N–H and O–H groups in total. The Morgan fingerprint density at radius 1 is 0.640 bits per heavy atom. The first kappa shape index (κ1) is 47.4. The fourth-order valence-electron chi connectivity index (χ4n) is 4.93. The van der Waals surface area contributed by atoms with E-state index in [1.807, 2.05) is 0 Å². The Morgan fingerprint density at radius 3 is 1.38 bits per heavy atom. The summed E-state index contributed by atoms with van der Waals surface area (Å²) >= 11 is 0. The van der Waals surface area contributed by atoms with Gasteiger partial charge in [-0.3, -0.25) is 20.7 Å². The first-order chi connectivity index (χ1) is 24.4. The summed E-state index contributed by atoms with van der Waals surface area (Å²) in [7, 11) is 0. The number of hydrogen-bond acceptors (Lipinski definition) is 14. The van der Waals surface area contributed by atoms with Crippen LogP contribution in [0.25, 0.3) is 10.4 Å². The van der Waals surface area contributed by atoms with Crippen LogP contribution in [-0.2, 0) is 33.4 Å². The van der Waals surface area contributed by atoms with Crippen LogP contribution in [0, 0.1) is 0 Å². The third-order valence-electron chi connectivity index (χ3n) is 7.75. The quantitative estimate of drug-likeness (QED) is 0.0118. The van der Waals surface area contributed by atoms with Gasteiger partial charge in [0.25, 0.3) is 0 Å². The third-order valence-corrected chi connectivity index (χ3v) is 7.75. The molecule has 1 amide bonds. The van der Waals surface area contributed by atoms with Crippen molar-refractivity contribution in [1.82, 2.24) is 21.3 Å². The summed E-state index contributed by atoms with van der Waals surface area (Å²) in [5.74, 6) is -0.229. The van der Waals surface area contributed by atoms with Gasteiger partial charge in [-0.25, -0.2) is 0 Å². The fraction of sp³-hybridized carbons (Fsp3) is 0.879. The minimum Gasteiger partial charge on any atom is -0.360 e. The molecule has 290 valence electrons. The minimum atomic E-state index is -1.25. The summed E-state index contributed by atoms with van der Waals surface area (Å²) in [5.41, 5.74) is 24.0. The molecule has 0 saturated heterocycles. The molecule has 17 nitrogen and oxygen atoms in total. The summed E-state index contributed by atoms with van der Waals surface area (Å²) in [6.45, 7) is 3.20. The third kappa shape index (κ3) is 27.2. The predicted molar refractivity (Wildman–Crippen MR) is 193 cm³/mol. The van der Waals surface area contributed by atoms with Crippen LogP contribution in [0.15, 0.2) is 5.11 Å². The number of nitrogens with zero attached hydrogens (tertiary/aromatic N) is 3. The monoisotopic (exact) mass is 715 g/mol. The molecule has 0 saturated carbocycles. The standard InChI is InChI=1S/C33H66N10O7/c34-16-9-19-38-30(13-23-44)48-26-33(27-49-31(14-24-45)39-20-10-17-35,28-50-32(15-25-46)40-21-11-18-36)42-29(47)12-7-5-3-1-2-4-6-8-22-41-43-37/h23-25,30-32,38-40H,1-22,26-28,34-36H2,(H,42,47). The minimum absolute atomic E-state index is 0.0624. The Morgan fingerprint density at radius 2 is 1.02 bits per heavy atom. The van der Waals surface area contributed by atoms with Crippen molar-refractivity contribution in [1.29, 1.82) is 0 Å². The average Bonchev–Trinajstić information content (AvgIpc) is 3.11. The summed E-state index contributed by atoms with van der Waals surface area (Å²) in [6.07, 6.45) is 10.5. The van der Waals surface area contributed by atoms with Crippen LogP contribution in [0.1, 0.15) is 96.3 Å². The van der Waals surface area contributed by atoms with Crippen molar-refractivity contribution in [3.05, 3.63) is 10.4 Å². The molecule has 0 fully saturated rings. The normalized spacial score (nSPS) is 14.2. The molecule has 3 atom stereocenters. The Labute approximate surface area is 298 Å². The number of carbonyl (C=O) groups excluding carboxylic acids is 4. The molecule has 0 rings (SSSR count). The molecule has 0 aliphatic heterocycles. The lowest BCUT2D eigenvalue weighted by Gasteiger charge is -2.37. The zero-order chi connectivity index (χ0) is 37.0. The molecule has 17 heteroatoms. The smallest absolute Gasteiger partial charge is 0.220 e. The van der Waals surface area contributed by atoms with Gasteiger partial charge in [-0.05, 0) is 76.9 Å². The van der Waals surface area contributed by atoms with Gasteiger partial charge in [0, 0.05) is 37.1 Å². The van der Waals surface area contributed by atoms with Gasteiger partial charge in [0.1, 0.15) is 43.1 Å². The van der Waals surface area contributed by atoms with E-state index >= 15 is 0 Å². The van der Waals surface area contributed by atoms with Crippen molar-refractivity contribution < 1.29 is 33.4 Å². The van der Waals surface area contributed by atoms with Crippen LogP contribution < -0.4 is 38.5 Å². The molecule has 0 bridgehead atoms. The highest BCUT2D eigenvalue weighted by Crippen LogP contribution is 2.16. The fourth-order valence-corrected chi connectivity index (χ4v) is 4.93. The maximum absolute atomic E-state index is 13.5. The van der Waals surface area contributed by atoms with Gasteiger partial charge >= 0.3 is 0 Å². The summed E-state index contributed by atoms with van der Waals surface area (Å²) in [5, 5.41) is 16.2. The second kappa shape index (κ2) is 34.9. The first-order valence-corrected chi connectivity index (χ1v) is 18.2. The zero-order valence-electron chi connectivity index (χ0n) is 30.1. The lowest BCUT2D eigenvalue weighted by atomic mass is 10.0. The van der Waals surface area contributed by atoms with E-state index in [0.29, 0.717) is 71.5 Å². The molecule has 0 radical (unpaired) electrons. The van der Waals surface area contributed by atoms with Crippen molar-refractivity contribution in [2.24, 2.45) is 22.3 Å². The van der Waals surface area contributed by atoms with E-state index in [1.165, 1.54) is 0 Å². The van der Waals surface area contributed by atoms with Crippen molar-refractivity contribution in [3.63, 3.8) is 0 Å². The Bertz CT molecular complexity index is 830. The van der Waals surface area contributed by atoms with Crippen molar-refractivity contribution in [3.8, 4) is 0 Å². The summed E-state index contributed by atoms with van der Waals surface area (Å²) < 4.78 is 18.6. The Hall–Kier alpha value is -2.57. The number of rotatable bonds is 39. The van der Waals surface area contributed by atoms with E-state index in [1.54, 1.807) is 0 Å². The maximum atomic E-state index is 13.5. The van der Waals surface area contributed by atoms with Gasteiger partial charge in [-0.1, -0.05) is 43.6 Å². The first-order valence-electron chi connectivity index (χ1n) is 18.2. The van der Waals surface area contributed by atoms with Gasteiger partial charge in [-0.15, -0.1) is 0 Å². The van der Waals surface area contributed by atoms with Crippen LogP contribution in [0.4, 0.5) is 0 Å². The number of carbonyl (C=O) groups is 4. The highest BCUT2D eigenvalue weighted by Gasteiger charge is 2.36. The number of amides is 1. The summed E-state index contributed by atoms with van der Waals surface area (Å²) in [6, 6.07) is 0. The predicted octanol–water partition coefficient (Wildman–Crippen LogP) is 1.27. The van der Waals surface area contributed by atoms with E-state index in [4.69, 9.17) is 36.9 Å². The summed E-state index contributed by atoms with van der Waals surface area (Å²) in [4.78, 5) is 50.7. The van der Waals surface area contributed by atoms with E-state index in [-0.39, 0.29) is 51.4 Å². The van der Waals surface area contributed by atoms with Gasteiger partial charge in [0.05, 0.1) is 19.8 Å². The highest BCUT2D eigenvalue weighted by atomic mass is 16.5. The topological polar surface area (TPSA) is 271 Å². The van der Waals surface area contributed by atoms with Gasteiger partial charge in [0.2, 0.25) is 5.91 Å². The zero-order valence-corrected chi connectivity index (χ0v) is 30.1. The number of aldehydes is 3. The second-order valence-electron chi connectivity index (χ2n) is 12.3. The largest absolute Gasteiger partial charge is 0.360 e. The van der Waals surface area contributed by atoms with Crippen molar-refractivity contribution >= 4 is 24.8 Å². The van der Waals surface area contributed by atoms with E-state index in [2.05, 4.69) is 31.3 Å². The van der Waals surface area contributed by atoms with Gasteiger partial charge in [-0.2, -0.15) is 0 Å². The molecular weight excluding hydrogens is 648 g/mol. The van der Waals surface area contributed by atoms with Crippen molar-refractivity contribution in [2.45, 2.75) is 121 Å². The second-order valence-corrected chi connectivity index (χ2v) is 12.3. The Balaban J connectivity index is 5.86. The number of unbranched alkanes of at least 4 members (excludes halogenated alkanes) is 7. The highest BCUT2D eigenvalue weighted by molar-refractivity contribution is 5.76. The molecular formula is C33H66N10O7. The number of hydrogen-bond donors (Lipinski definition) is 7. The van der Waals surface area contributed by atoms with Crippen LogP contribution in [0.5, 0.6) is 0 Å². The van der Waals surface area contributed by atoms with Crippen LogP contribution >= 0.6 is 0 Å². The average molecular weight is 715 g/mol. The molecule has 0 aliphatic carbocycles. The lowest BCUT2D eigenvalue weighted by molar-refractivity contribution is -0.137. The lowest BCUT2D eigenvalue weighted by Crippen LogP contribution is -2.61. The molecule has 0 aromatic heterocycles. The van der Waals surface area contributed by atoms with E-state index < -0.39 is 24.2 Å². The molecule has 0 aromatic rings. The van der Waals surface area contributed by atoms with Crippen LogP contribution in [0.3, 0.4) is 0 Å². The number of nitrogens with one attached hydrogen (secondary N) is 4. The molecule has 0 heterocycles. The molecule has 3 unspecified atom stereocenters. The molecule has 0 aliphatic rings. The number of azide groups is 1. The molecule has 0 aromatic carbocycles. The Kier molecular flexibility index (Phi) is 33.1. The molecule has 50 heavy (non-hydrogen) atoms.